The lowest BCUT2D eigenvalue weighted by atomic mass is 10.3. The van der Waals surface area contributed by atoms with Gasteiger partial charge in [0, 0.05) is 0 Å². The van der Waals surface area contributed by atoms with Crippen LogP contribution in [0.2, 0.25) is 5.15 Å². The lowest BCUT2D eigenvalue weighted by Crippen LogP contribution is -2.00. The van der Waals surface area contributed by atoms with Crippen LogP contribution in [-0.2, 0) is 6.54 Å². The Kier molecular flexibility index (Phi) is 2.92. The Morgan fingerprint density at radius 2 is 2.33 bits per heavy atom. The monoisotopic (exact) mass is 222 g/mol. The fourth-order valence-corrected chi connectivity index (χ4v) is 1.57. The number of rotatable bonds is 3. The van der Waals surface area contributed by atoms with Gasteiger partial charge >= 0.3 is 0 Å². The minimum Gasteiger partial charge on any atom is -0.467 e. The molecule has 0 saturated heterocycles. The molecule has 0 aliphatic heterocycles. The Bertz CT molecular complexity index is 420. The van der Waals surface area contributed by atoms with Gasteiger partial charge in [-0.1, -0.05) is 11.6 Å². The minimum absolute atomic E-state index is 0.497. The highest BCUT2D eigenvalue weighted by Gasteiger charge is 1.99. The molecule has 1 N–H and O–H groups in total. The molecule has 0 amide bonds. The lowest BCUT2D eigenvalue weighted by molar-refractivity contribution is 0.518. The van der Waals surface area contributed by atoms with Gasteiger partial charge in [0.05, 0.1) is 12.8 Å². The second-order valence-electron chi connectivity index (χ2n) is 3.29. The maximum atomic E-state index is 5.84. The molecule has 2 heterocycles. The summed E-state index contributed by atoms with van der Waals surface area (Å²) < 4.78 is 5.19. The standard InChI is InChI=1S/C11H11ClN2O/c1-8-5-10(12)14-11(6-8)13-7-9-3-2-4-15-9/h2-6H,7H2,1H3,(H,13,14). The number of aromatic nitrogens is 1. The van der Waals surface area contributed by atoms with Gasteiger partial charge in [-0.25, -0.2) is 4.98 Å². The molecule has 0 aliphatic rings. The van der Waals surface area contributed by atoms with Crippen LogP contribution in [0.5, 0.6) is 0 Å². The van der Waals surface area contributed by atoms with E-state index in [1.807, 2.05) is 31.2 Å². The SMILES string of the molecule is Cc1cc(Cl)nc(NCc2ccco2)c1. The number of furan rings is 1. The van der Waals surface area contributed by atoms with Crippen LogP contribution in [0.25, 0.3) is 0 Å². The Morgan fingerprint density at radius 1 is 1.47 bits per heavy atom. The molecule has 0 atom stereocenters. The summed E-state index contributed by atoms with van der Waals surface area (Å²) in [6.07, 6.45) is 1.65. The Morgan fingerprint density at radius 3 is 3.00 bits per heavy atom. The zero-order chi connectivity index (χ0) is 10.7. The average Bonchev–Trinajstić information content (AvgIpc) is 2.65. The molecule has 0 radical (unpaired) electrons. The highest BCUT2D eigenvalue weighted by molar-refractivity contribution is 6.29. The first kappa shape index (κ1) is 10.1. The molecular formula is C11H11ClN2O. The van der Waals surface area contributed by atoms with Gasteiger partial charge in [0.2, 0.25) is 0 Å². The third-order valence-corrected chi connectivity index (χ3v) is 2.16. The predicted octanol–water partition coefficient (Wildman–Crippen LogP) is 3.25. The maximum absolute atomic E-state index is 5.84. The molecule has 0 saturated carbocycles. The van der Waals surface area contributed by atoms with Crippen LogP contribution in [0.4, 0.5) is 5.82 Å². The fourth-order valence-electron chi connectivity index (χ4n) is 1.31. The average molecular weight is 223 g/mol. The van der Waals surface area contributed by atoms with E-state index < -0.39 is 0 Å². The summed E-state index contributed by atoms with van der Waals surface area (Å²) in [5.74, 6) is 1.63. The summed E-state index contributed by atoms with van der Waals surface area (Å²) in [6, 6.07) is 7.52. The number of nitrogens with zero attached hydrogens (tertiary/aromatic N) is 1. The molecule has 2 aromatic heterocycles. The summed E-state index contributed by atoms with van der Waals surface area (Å²) in [6.45, 7) is 2.59. The Balaban J connectivity index is 2.05. The molecular weight excluding hydrogens is 212 g/mol. The van der Waals surface area contributed by atoms with Gasteiger partial charge in [0.1, 0.15) is 16.7 Å². The second-order valence-corrected chi connectivity index (χ2v) is 3.67. The van der Waals surface area contributed by atoms with Gasteiger partial charge in [-0.2, -0.15) is 0 Å². The first-order valence-electron chi connectivity index (χ1n) is 4.64. The predicted molar refractivity (Wildman–Crippen MR) is 60.0 cm³/mol. The molecule has 2 aromatic rings. The molecule has 4 heteroatoms. The van der Waals surface area contributed by atoms with Crippen LogP contribution < -0.4 is 5.32 Å². The van der Waals surface area contributed by atoms with E-state index in [9.17, 15) is 0 Å². The number of nitrogens with one attached hydrogen (secondary N) is 1. The maximum Gasteiger partial charge on any atom is 0.131 e. The quantitative estimate of drug-likeness (QED) is 0.811. The molecule has 3 nitrogen and oxygen atoms in total. The second kappa shape index (κ2) is 4.36. The summed E-state index contributed by atoms with van der Waals surface area (Å²) in [7, 11) is 0. The highest BCUT2D eigenvalue weighted by Crippen LogP contribution is 2.14. The van der Waals surface area contributed by atoms with E-state index in [1.54, 1.807) is 6.26 Å². The van der Waals surface area contributed by atoms with Gasteiger partial charge < -0.3 is 9.73 Å². The van der Waals surface area contributed by atoms with Crippen molar-refractivity contribution in [2.24, 2.45) is 0 Å². The summed E-state index contributed by atoms with van der Waals surface area (Å²) in [5, 5.41) is 3.64. The number of aryl methyl sites for hydroxylation is 1. The number of anilines is 1. The van der Waals surface area contributed by atoms with E-state index in [-0.39, 0.29) is 0 Å². The number of hydrogen-bond acceptors (Lipinski definition) is 3. The summed E-state index contributed by atoms with van der Waals surface area (Å²) in [4.78, 5) is 4.15. The van der Waals surface area contributed by atoms with E-state index in [1.165, 1.54) is 0 Å². The van der Waals surface area contributed by atoms with Crippen LogP contribution in [0.1, 0.15) is 11.3 Å². The number of hydrogen-bond donors (Lipinski definition) is 1. The van der Waals surface area contributed by atoms with Gasteiger partial charge in [-0.3, -0.25) is 0 Å². The Hall–Kier alpha value is -1.48. The molecule has 2 rings (SSSR count). The number of pyridine rings is 1. The van der Waals surface area contributed by atoms with Gasteiger partial charge in [0.25, 0.3) is 0 Å². The zero-order valence-electron chi connectivity index (χ0n) is 8.33. The van der Waals surface area contributed by atoms with Crippen molar-refractivity contribution in [3.8, 4) is 0 Å². The largest absolute Gasteiger partial charge is 0.467 e. The Labute approximate surface area is 93.1 Å². The molecule has 78 valence electrons. The molecule has 0 unspecified atom stereocenters. The number of halogens is 1. The molecule has 0 bridgehead atoms. The van der Waals surface area contributed by atoms with E-state index >= 15 is 0 Å². The van der Waals surface area contributed by atoms with Crippen molar-refractivity contribution in [3.63, 3.8) is 0 Å². The smallest absolute Gasteiger partial charge is 0.131 e. The van der Waals surface area contributed by atoms with Crippen LogP contribution in [0, 0.1) is 6.92 Å². The minimum atomic E-state index is 0.497. The molecule has 0 aliphatic carbocycles. The van der Waals surface area contributed by atoms with Gasteiger partial charge in [-0.05, 0) is 36.8 Å². The van der Waals surface area contributed by atoms with Crippen LogP contribution >= 0.6 is 11.6 Å². The summed E-state index contributed by atoms with van der Waals surface area (Å²) in [5.41, 5.74) is 1.08. The fraction of sp³-hybridized carbons (Fsp3) is 0.182. The van der Waals surface area contributed by atoms with Crippen molar-refractivity contribution >= 4 is 17.4 Å². The van der Waals surface area contributed by atoms with Crippen LogP contribution in [-0.4, -0.2) is 4.98 Å². The van der Waals surface area contributed by atoms with Crippen molar-refractivity contribution in [3.05, 3.63) is 47.0 Å². The van der Waals surface area contributed by atoms with E-state index in [0.717, 1.165) is 17.1 Å². The molecule has 15 heavy (non-hydrogen) atoms. The highest BCUT2D eigenvalue weighted by atomic mass is 35.5. The van der Waals surface area contributed by atoms with Crippen molar-refractivity contribution in [1.82, 2.24) is 4.98 Å². The van der Waals surface area contributed by atoms with E-state index in [4.69, 9.17) is 16.0 Å². The van der Waals surface area contributed by atoms with Crippen LogP contribution in [0.15, 0.2) is 34.9 Å². The third-order valence-electron chi connectivity index (χ3n) is 1.96. The topological polar surface area (TPSA) is 38.1 Å². The zero-order valence-corrected chi connectivity index (χ0v) is 9.08. The van der Waals surface area contributed by atoms with Gasteiger partial charge in [-0.15, -0.1) is 0 Å². The van der Waals surface area contributed by atoms with Crippen molar-refractivity contribution in [2.75, 3.05) is 5.32 Å². The van der Waals surface area contributed by atoms with Crippen molar-refractivity contribution in [1.29, 1.82) is 0 Å². The van der Waals surface area contributed by atoms with Crippen molar-refractivity contribution < 1.29 is 4.42 Å². The third kappa shape index (κ3) is 2.73. The molecule has 0 aromatic carbocycles. The van der Waals surface area contributed by atoms with Crippen molar-refractivity contribution in [2.45, 2.75) is 13.5 Å². The first-order chi connectivity index (χ1) is 7.24. The summed E-state index contributed by atoms with van der Waals surface area (Å²) >= 11 is 5.84. The first-order valence-corrected chi connectivity index (χ1v) is 5.02. The van der Waals surface area contributed by atoms with Crippen LogP contribution in [0.3, 0.4) is 0 Å². The molecule has 0 spiro atoms. The van der Waals surface area contributed by atoms with E-state index in [0.29, 0.717) is 11.7 Å². The normalized spacial score (nSPS) is 10.3. The van der Waals surface area contributed by atoms with Gasteiger partial charge in [0.15, 0.2) is 0 Å². The molecule has 0 fully saturated rings. The van der Waals surface area contributed by atoms with E-state index in [2.05, 4.69) is 10.3 Å². The lowest BCUT2D eigenvalue weighted by Gasteiger charge is -2.04.